The van der Waals surface area contributed by atoms with Crippen LogP contribution < -0.4 is 9.64 Å². The molecule has 0 radical (unpaired) electrons. The third-order valence-electron chi connectivity index (χ3n) is 6.96. The number of nitrogens with zero attached hydrogens (tertiary/aromatic N) is 2. The van der Waals surface area contributed by atoms with E-state index in [1.165, 1.54) is 29.7 Å². The first-order valence-electron chi connectivity index (χ1n) is 11.7. The second-order valence-electron chi connectivity index (χ2n) is 8.71. The minimum absolute atomic E-state index is 0.431. The van der Waals surface area contributed by atoms with E-state index in [4.69, 9.17) is 4.74 Å². The number of benzene rings is 3. The third kappa shape index (κ3) is 4.20. The van der Waals surface area contributed by atoms with Crippen molar-refractivity contribution < 1.29 is 4.74 Å². The lowest BCUT2D eigenvalue weighted by Gasteiger charge is -2.52. The van der Waals surface area contributed by atoms with Crippen LogP contribution in [0.25, 0.3) is 0 Å². The average molecular weight is 413 g/mol. The third-order valence-corrected chi connectivity index (χ3v) is 6.96. The van der Waals surface area contributed by atoms with Crippen LogP contribution in [-0.4, -0.2) is 43.2 Å². The monoisotopic (exact) mass is 412 g/mol. The molecular weight excluding hydrogens is 380 g/mol. The molecule has 2 aliphatic rings. The van der Waals surface area contributed by atoms with Gasteiger partial charge in [-0.25, -0.2) is 0 Å². The average Bonchev–Trinajstić information content (AvgIpc) is 2.83. The van der Waals surface area contributed by atoms with Crippen molar-refractivity contribution in [2.45, 2.75) is 37.8 Å². The van der Waals surface area contributed by atoms with Gasteiger partial charge in [0.2, 0.25) is 0 Å². The minimum Gasteiger partial charge on any atom is -0.494 e. The van der Waals surface area contributed by atoms with Gasteiger partial charge in [0.15, 0.2) is 0 Å². The Morgan fingerprint density at radius 2 is 1.45 bits per heavy atom. The van der Waals surface area contributed by atoms with Crippen molar-refractivity contribution in [2.24, 2.45) is 0 Å². The van der Waals surface area contributed by atoms with E-state index < -0.39 is 0 Å². The van der Waals surface area contributed by atoms with Crippen LogP contribution >= 0.6 is 0 Å². The van der Waals surface area contributed by atoms with Gasteiger partial charge in [-0.15, -0.1) is 0 Å². The molecule has 3 nitrogen and oxygen atoms in total. The summed E-state index contributed by atoms with van der Waals surface area (Å²) in [7, 11) is 0. The van der Waals surface area contributed by atoms with Crippen molar-refractivity contribution in [3.8, 4) is 5.75 Å². The first kappa shape index (κ1) is 20.1. The van der Waals surface area contributed by atoms with Crippen LogP contribution in [0.3, 0.4) is 0 Å². The Labute approximate surface area is 186 Å². The molecule has 3 aromatic carbocycles. The molecular formula is C28H32N2O. The smallest absolute Gasteiger partial charge is 0.119 e. The van der Waals surface area contributed by atoms with Crippen molar-refractivity contribution in [2.75, 3.05) is 31.1 Å². The minimum atomic E-state index is 0.431. The summed E-state index contributed by atoms with van der Waals surface area (Å²) in [6, 6.07) is 32.0. The van der Waals surface area contributed by atoms with Crippen LogP contribution in [0.15, 0.2) is 84.9 Å². The molecule has 0 amide bonds. The van der Waals surface area contributed by atoms with Gasteiger partial charge in [-0.05, 0) is 55.2 Å². The van der Waals surface area contributed by atoms with E-state index in [9.17, 15) is 0 Å². The normalized spacial score (nSPS) is 23.0. The molecule has 2 saturated heterocycles. The van der Waals surface area contributed by atoms with E-state index in [-0.39, 0.29) is 0 Å². The molecule has 0 aromatic heterocycles. The zero-order chi connectivity index (χ0) is 21.0. The number of anilines is 1. The lowest BCUT2D eigenvalue weighted by Crippen LogP contribution is -2.60. The summed E-state index contributed by atoms with van der Waals surface area (Å²) < 4.78 is 5.63. The number of piperazine rings is 1. The summed E-state index contributed by atoms with van der Waals surface area (Å²) in [5.74, 6) is 1.39. The Bertz CT molecular complexity index is 918. The van der Waals surface area contributed by atoms with Gasteiger partial charge in [0, 0.05) is 43.3 Å². The number of hydrogen-bond acceptors (Lipinski definition) is 3. The molecule has 0 spiro atoms. The first-order valence-corrected chi connectivity index (χ1v) is 11.7. The Balaban J connectivity index is 1.36. The molecule has 0 N–H and O–H groups in total. The largest absolute Gasteiger partial charge is 0.494 e. The molecule has 5 rings (SSSR count). The highest BCUT2D eigenvalue weighted by atomic mass is 16.5. The lowest BCUT2D eigenvalue weighted by atomic mass is 9.79. The van der Waals surface area contributed by atoms with Gasteiger partial charge in [-0.2, -0.15) is 0 Å². The Morgan fingerprint density at radius 3 is 2.06 bits per heavy atom. The quantitative estimate of drug-likeness (QED) is 0.526. The predicted molar refractivity (Wildman–Crippen MR) is 128 cm³/mol. The second-order valence-corrected chi connectivity index (χ2v) is 8.71. The van der Waals surface area contributed by atoms with Crippen LogP contribution in [0.2, 0.25) is 0 Å². The molecule has 3 heteroatoms. The highest BCUT2D eigenvalue weighted by Gasteiger charge is 2.39. The molecule has 31 heavy (non-hydrogen) atoms. The van der Waals surface area contributed by atoms with Gasteiger partial charge in [-0.1, -0.05) is 60.7 Å². The van der Waals surface area contributed by atoms with E-state index >= 15 is 0 Å². The number of fused-ring (bicyclic) bond motifs is 2. The van der Waals surface area contributed by atoms with Crippen molar-refractivity contribution in [3.63, 3.8) is 0 Å². The summed E-state index contributed by atoms with van der Waals surface area (Å²) >= 11 is 0. The summed E-state index contributed by atoms with van der Waals surface area (Å²) in [5.41, 5.74) is 4.20. The van der Waals surface area contributed by atoms with Crippen LogP contribution in [-0.2, 0) is 0 Å². The van der Waals surface area contributed by atoms with Crippen molar-refractivity contribution in [3.05, 3.63) is 96.1 Å². The molecule has 0 aliphatic carbocycles. The fourth-order valence-corrected chi connectivity index (χ4v) is 5.55. The Hall–Kier alpha value is -2.78. The molecule has 160 valence electrons. The van der Waals surface area contributed by atoms with Gasteiger partial charge >= 0.3 is 0 Å². The van der Waals surface area contributed by atoms with Crippen LogP contribution in [0.5, 0.6) is 5.75 Å². The van der Waals surface area contributed by atoms with Gasteiger partial charge in [0.05, 0.1) is 6.61 Å². The maximum atomic E-state index is 5.63. The van der Waals surface area contributed by atoms with Gasteiger partial charge in [0.1, 0.15) is 5.75 Å². The van der Waals surface area contributed by atoms with E-state index in [0.29, 0.717) is 24.6 Å². The fourth-order valence-electron chi connectivity index (χ4n) is 5.55. The van der Waals surface area contributed by atoms with Crippen LogP contribution in [0, 0.1) is 0 Å². The SMILES string of the molecule is CCOc1ccc(N2CCN3CC2CCC3C(c2ccccc2)c2ccccc2)cc1. The van der Waals surface area contributed by atoms with Crippen molar-refractivity contribution in [1.82, 2.24) is 4.90 Å². The van der Waals surface area contributed by atoms with Crippen LogP contribution in [0.4, 0.5) is 5.69 Å². The highest BCUT2D eigenvalue weighted by molar-refractivity contribution is 5.51. The number of piperidine rings is 1. The Morgan fingerprint density at radius 1 is 0.806 bits per heavy atom. The number of rotatable bonds is 6. The molecule has 2 aliphatic heterocycles. The standard InChI is InChI=1S/C28H32N2O/c1-2-31-26-16-13-24(14-17-26)30-20-19-29-21-25(30)15-18-27(29)28(22-9-5-3-6-10-22)23-11-7-4-8-12-23/h3-14,16-17,25,27-28H,2,15,18-21H2,1H3. The molecule has 3 aromatic rings. The zero-order valence-electron chi connectivity index (χ0n) is 18.4. The second kappa shape index (κ2) is 9.15. The van der Waals surface area contributed by atoms with Crippen molar-refractivity contribution >= 4 is 5.69 Å². The molecule has 2 bridgehead atoms. The predicted octanol–water partition coefficient (Wildman–Crippen LogP) is 5.57. The summed E-state index contributed by atoms with van der Waals surface area (Å²) in [6.45, 7) is 6.10. The summed E-state index contributed by atoms with van der Waals surface area (Å²) in [6.07, 6.45) is 2.47. The van der Waals surface area contributed by atoms with E-state index in [1.54, 1.807) is 0 Å². The molecule has 3 atom stereocenters. The number of ether oxygens (including phenoxy) is 1. The molecule has 3 unspecified atom stereocenters. The van der Waals surface area contributed by atoms with Crippen LogP contribution in [0.1, 0.15) is 36.8 Å². The Kier molecular flexibility index (Phi) is 5.95. The molecule has 0 saturated carbocycles. The maximum Gasteiger partial charge on any atom is 0.119 e. The lowest BCUT2D eigenvalue weighted by molar-refractivity contribution is 0.0967. The zero-order valence-corrected chi connectivity index (χ0v) is 18.4. The van der Waals surface area contributed by atoms with E-state index in [0.717, 1.165) is 25.4 Å². The van der Waals surface area contributed by atoms with Gasteiger partial charge in [0.25, 0.3) is 0 Å². The molecule has 2 fully saturated rings. The molecule has 2 heterocycles. The highest BCUT2D eigenvalue weighted by Crippen LogP contribution is 2.39. The van der Waals surface area contributed by atoms with Gasteiger partial charge < -0.3 is 9.64 Å². The summed E-state index contributed by atoms with van der Waals surface area (Å²) in [4.78, 5) is 5.37. The maximum absolute atomic E-state index is 5.63. The first-order chi connectivity index (χ1) is 15.3. The van der Waals surface area contributed by atoms with Gasteiger partial charge in [-0.3, -0.25) is 4.90 Å². The topological polar surface area (TPSA) is 15.7 Å². The summed E-state index contributed by atoms with van der Waals surface area (Å²) in [5, 5.41) is 0. The van der Waals surface area contributed by atoms with E-state index in [2.05, 4.69) is 94.7 Å². The fraction of sp³-hybridized carbons (Fsp3) is 0.357. The number of hydrogen-bond donors (Lipinski definition) is 0. The van der Waals surface area contributed by atoms with Crippen molar-refractivity contribution in [1.29, 1.82) is 0 Å². The van der Waals surface area contributed by atoms with E-state index in [1.807, 2.05) is 6.92 Å².